The first-order valence-corrected chi connectivity index (χ1v) is 21.6. The van der Waals surface area contributed by atoms with Crippen molar-refractivity contribution < 1.29 is 37.6 Å². The lowest BCUT2D eigenvalue weighted by molar-refractivity contribution is -0.147. The molecule has 0 aromatic heterocycles. The molecule has 0 saturated carbocycles. The van der Waals surface area contributed by atoms with E-state index < -0.39 is 55.5 Å². The third kappa shape index (κ3) is 10.7. The number of rotatable bonds is 14. The van der Waals surface area contributed by atoms with Crippen LogP contribution in [-0.4, -0.2) is 101 Å². The minimum absolute atomic E-state index is 0.253. The van der Waals surface area contributed by atoms with Gasteiger partial charge in [-0.05, 0) is 55.9 Å². The minimum Gasteiger partial charge on any atom is -0.405 e. The average Bonchev–Trinajstić information content (AvgIpc) is 3.82. The SMILES string of the molecule is CC(C)[C@@H]1NC(=O)[C@@H]2CCCN2C(=O)[C@H]2CCCN2C(=O)C[C@H](C(=O)NCCSSCCNP(=O)(Oc2ccccc2)Oc2ccccc2)NC1=O. The van der Waals surface area contributed by atoms with Crippen molar-refractivity contribution in [2.75, 3.05) is 37.7 Å². The summed E-state index contributed by atoms with van der Waals surface area (Å²) in [6.07, 6.45) is 1.94. The predicted octanol–water partition coefficient (Wildman–Crippen LogP) is 3.35. The number of fused-ring (bicyclic) bond motifs is 2. The Labute approximate surface area is 312 Å². The number of carbonyl (C=O) groups excluding carboxylic acids is 5. The van der Waals surface area contributed by atoms with Gasteiger partial charge in [-0.15, -0.1) is 0 Å². The molecule has 3 aliphatic rings. The van der Waals surface area contributed by atoms with Crippen molar-refractivity contribution in [1.29, 1.82) is 0 Å². The lowest BCUT2D eigenvalue weighted by Gasteiger charge is -2.31. The maximum absolute atomic E-state index is 13.6. The van der Waals surface area contributed by atoms with Crippen LogP contribution in [0.3, 0.4) is 0 Å². The molecule has 0 spiro atoms. The smallest absolute Gasteiger partial charge is 0.405 e. The van der Waals surface area contributed by atoms with E-state index in [4.69, 9.17) is 9.05 Å². The van der Waals surface area contributed by atoms with Gasteiger partial charge < -0.3 is 34.8 Å². The Morgan fingerprint density at radius 1 is 0.827 bits per heavy atom. The molecule has 2 aromatic rings. The summed E-state index contributed by atoms with van der Waals surface area (Å²) >= 11 is 0. The fourth-order valence-electron chi connectivity index (χ4n) is 6.37. The van der Waals surface area contributed by atoms with Crippen molar-refractivity contribution in [3.8, 4) is 11.5 Å². The summed E-state index contributed by atoms with van der Waals surface area (Å²) in [6, 6.07) is 14.0. The van der Waals surface area contributed by atoms with Gasteiger partial charge in [-0.2, -0.15) is 0 Å². The zero-order chi connectivity index (χ0) is 37.1. The van der Waals surface area contributed by atoms with Crippen LogP contribution < -0.4 is 30.1 Å². The minimum atomic E-state index is -3.75. The normalized spacial score (nSPS) is 22.8. The third-order valence-corrected chi connectivity index (χ3v) is 12.9. The van der Waals surface area contributed by atoms with Crippen LogP contribution in [0.2, 0.25) is 0 Å². The predicted molar refractivity (Wildman–Crippen MR) is 200 cm³/mol. The van der Waals surface area contributed by atoms with Gasteiger partial charge in [-0.25, -0.2) is 9.65 Å². The Kier molecular flexibility index (Phi) is 14.3. The van der Waals surface area contributed by atoms with Crippen molar-refractivity contribution in [1.82, 2.24) is 30.8 Å². The number of nitrogens with zero attached hydrogens (tertiary/aromatic N) is 2. The number of carbonyl (C=O) groups is 5. The van der Waals surface area contributed by atoms with Gasteiger partial charge in [0.15, 0.2) is 0 Å². The zero-order valence-electron chi connectivity index (χ0n) is 29.4. The van der Waals surface area contributed by atoms with Crippen LogP contribution in [0.15, 0.2) is 60.7 Å². The first kappa shape index (κ1) is 39.5. The van der Waals surface area contributed by atoms with Crippen molar-refractivity contribution in [2.24, 2.45) is 5.92 Å². The summed E-state index contributed by atoms with van der Waals surface area (Å²) < 4.78 is 25.0. The van der Waals surface area contributed by atoms with E-state index in [2.05, 4.69) is 21.0 Å². The van der Waals surface area contributed by atoms with E-state index in [-0.39, 0.29) is 24.8 Å². The fourth-order valence-corrected chi connectivity index (χ4v) is 9.68. The summed E-state index contributed by atoms with van der Waals surface area (Å²) in [7, 11) is -0.769. The molecule has 0 radical (unpaired) electrons. The first-order valence-electron chi connectivity index (χ1n) is 17.6. The van der Waals surface area contributed by atoms with Gasteiger partial charge in [0.25, 0.3) is 0 Å². The van der Waals surface area contributed by atoms with E-state index in [1.165, 1.54) is 26.5 Å². The van der Waals surface area contributed by atoms with Crippen LogP contribution >= 0.6 is 29.3 Å². The van der Waals surface area contributed by atoms with Crippen LogP contribution in [0, 0.1) is 5.92 Å². The highest BCUT2D eigenvalue weighted by Crippen LogP contribution is 2.44. The van der Waals surface area contributed by atoms with Crippen LogP contribution in [0.25, 0.3) is 0 Å². The lowest BCUT2D eigenvalue weighted by atomic mass is 10.0. The van der Waals surface area contributed by atoms with E-state index in [1.54, 1.807) is 67.3 Å². The Balaban J connectivity index is 1.13. The second-order valence-corrected chi connectivity index (χ2v) is 17.5. The Morgan fingerprint density at radius 2 is 1.40 bits per heavy atom. The molecular formula is C35H47N6O8PS2. The first-order chi connectivity index (χ1) is 25.0. The van der Waals surface area contributed by atoms with E-state index in [0.29, 0.717) is 68.3 Å². The van der Waals surface area contributed by atoms with Crippen LogP contribution in [-0.2, 0) is 28.5 Å². The zero-order valence-corrected chi connectivity index (χ0v) is 31.9. The average molecular weight is 775 g/mol. The Morgan fingerprint density at radius 3 is 2.02 bits per heavy atom. The van der Waals surface area contributed by atoms with E-state index in [9.17, 15) is 28.5 Å². The van der Waals surface area contributed by atoms with E-state index in [1.807, 2.05) is 12.1 Å². The highest BCUT2D eigenvalue weighted by molar-refractivity contribution is 8.76. The molecule has 2 aromatic carbocycles. The maximum atomic E-state index is 13.6. The third-order valence-electron chi connectivity index (χ3n) is 8.95. The van der Waals surface area contributed by atoms with E-state index in [0.717, 1.165) is 0 Å². The fraction of sp³-hybridized carbons (Fsp3) is 0.514. The number of hydrogen-bond donors (Lipinski definition) is 4. The highest BCUT2D eigenvalue weighted by atomic mass is 33.1. The number of benzene rings is 2. The Bertz CT molecular complexity index is 1550. The Hall–Kier alpha value is -3.72. The molecule has 5 amide bonds. The maximum Gasteiger partial charge on any atom is 0.512 e. The summed E-state index contributed by atoms with van der Waals surface area (Å²) in [5.74, 6) is -0.607. The van der Waals surface area contributed by atoms with Gasteiger partial charge in [0.05, 0.1) is 6.42 Å². The molecule has 4 N–H and O–H groups in total. The largest absolute Gasteiger partial charge is 0.512 e. The van der Waals surface area contributed by atoms with Gasteiger partial charge in [-0.1, -0.05) is 71.8 Å². The number of amides is 5. The van der Waals surface area contributed by atoms with Crippen LogP contribution in [0.1, 0.15) is 46.0 Å². The topological polar surface area (TPSA) is 175 Å². The van der Waals surface area contributed by atoms with Crippen LogP contribution in [0.4, 0.5) is 0 Å². The molecule has 14 nitrogen and oxygen atoms in total. The summed E-state index contributed by atoms with van der Waals surface area (Å²) in [5, 5.41) is 11.3. The van der Waals surface area contributed by atoms with Gasteiger partial charge in [-0.3, -0.25) is 24.0 Å². The molecule has 5 rings (SSSR count). The van der Waals surface area contributed by atoms with Crippen molar-refractivity contribution in [3.05, 3.63) is 60.7 Å². The summed E-state index contributed by atoms with van der Waals surface area (Å²) in [6.45, 7) is 4.91. The number of hydrogen-bond acceptors (Lipinski definition) is 10. The van der Waals surface area contributed by atoms with Crippen LogP contribution in [0.5, 0.6) is 11.5 Å². The summed E-state index contributed by atoms with van der Waals surface area (Å²) in [5.41, 5.74) is 0. The standard InChI is InChI=1S/C35H47N6O8PS2/c1-24(2)31-34(45)38-27(23-30(42)40-19-10-16-29(40)35(46)41-20-9-15-28(41)33(44)39-31)32(43)36-17-21-51-52-22-18-37-50(47,48-25-11-5-3-6-12-25)49-26-13-7-4-8-14-26/h3-8,11-14,24,27-29,31H,9-10,15-23H2,1-2H3,(H,36,43)(H,37,47)(H,38,45)(H,39,44)/t27-,28+,29-,31+/m1/s1. The molecule has 282 valence electrons. The molecule has 4 atom stereocenters. The van der Waals surface area contributed by atoms with E-state index >= 15 is 0 Å². The molecule has 0 bridgehead atoms. The molecule has 3 heterocycles. The van der Waals surface area contributed by atoms with Gasteiger partial charge in [0.2, 0.25) is 29.5 Å². The number of nitrogens with one attached hydrogen (secondary N) is 4. The van der Waals surface area contributed by atoms with Crippen molar-refractivity contribution in [2.45, 2.75) is 70.1 Å². The second kappa shape index (κ2) is 18.9. The van der Waals surface area contributed by atoms with Crippen molar-refractivity contribution >= 4 is 58.9 Å². The van der Waals surface area contributed by atoms with Gasteiger partial charge in [0.1, 0.15) is 35.7 Å². The molecular weight excluding hydrogens is 728 g/mol. The monoisotopic (exact) mass is 774 g/mol. The lowest BCUT2D eigenvalue weighted by Crippen LogP contribution is -2.58. The quantitative estimate of drug-likeness (QED) is 0.126. The molecule has 0 aliphatic carbocycles. The molecule has 3 fully saturated rings. The molecule has 3 aliphatic heterocycles. The molecule has 3 saturated heterocycles. The number of para-hydroxylation sites is 2. The molecule has 52 heavy (non-hydrogen) atoms. The highest BCUT2D eigenvalue weighted by Gasteiger charge is 2.44. The van der Waals surface area contributed by atoms with Gasteiger partial charge >= 0.3 is 7.75 Å². The molecule has 17 heteroatoms. The van der Waals surface area contributed by atoms with Crippen molar-refractivity contribution in [3.63, 3.8) is 0 Å². The van der Waals surface area contributed by atoms with Gasteiger partial charge in [0, 0.05) is 37.7 Å². The second-order valence-electron chi connectivity index (χ2n) is 13.1. The molecule has 0 unspecified atom stereocenters. The summed E-state index contributed by atoms with van der Waals surface area (Å²) in [4.78, 5) is 70.5.